The largest absolute Gasteiger partial charge is 0.418 e. The van der Waals surface area contributed by atoms with Crippen LogP contribution in [-0.4, -0.2) is 97.2 Å². The topological polar surface area (TPSA) is 206 Å². The van der Waals surface area contributed by atoms with Gasteiger partial charge in [0.25, 0.3) is 11.8 Å². The van der Waals surface area contributed by atoms with Crippen LogP contribution in [0.1, 0.15) is 31.1 Å². The fourth-order valence-electron chi connectivity index (χ4n) is 4.06. The van der Waals surface area contributed by atoms with Crippen molar-refractivity contribution in [2.24, 2.45) is 5.84 Å². The number of piperidine rings is 1. The monoisotopic (exact) mass is 459 g/mol. The lowest BCUT2D eigenvalue weighted by atomic mass is 10.00. The zero-order chi connectivity index (χ0) is 22.5. The molecule has 31 heavy (non-hydrogen) atoms. The predicted molar refractivity (Wildman–Crippen MR) is 97.4 cm³/mol. The van der Waals surface area contributed by atoms with Crippen molar-refractivity contribution in [3.05, 3.63) is 5.82 Å². The van der Waals surface area contributed by atoms with Crippen molar-refractivity contribution in [1.29, 1.82) is 0 Å². The second-order valence-electron chi connectivity index (χ2n) is 7.56. The second kappa shape index (κ2) is 7.75. The fraction of sp³-hybridized carbons (Fsp3) is 0.714. The molecule has 4 rings (SSSR count). The van der Waals surface area contributed by atoms with Crippen LogP contribution in [0, 0.1) is 6.92 Å². The zero-order valence-corrected chi connectivity index (χ0v) is 17.2. The summed E-state index contributed by atoms with van der Waals surface area (Å²) in [5.41, 5.74) is 0. The molecule has 3 aliphatic heterocycles. The normalized spacial score (nSPS) is 28.3. The molecule has 3 saturated heterocycles. The van der Waals surface area contributed by atoms with E-state index in [1.54, 1.807) is 6.92 Å². The van der Waals surface area contributed by atoms with Crippen molar-refractivity contribution in [3.8, 4) is 0 Å². The van der Waals surface area contributed by atoms with E-state index in [2.05, 4.69) is 25.0 Å². The Balaban J connectivity index is 1.40. The number of hydrogen-bond donors (Lipinski definition) is 3. The van der Waals surface area contributed by atoms with Crippen LogP contribution in [0.3, 0.4) is 0 Å². The molecule has 4 heterocycles. The lowest BCUT2D eigenvalue weighted by molar-refractivity contribution is -0.149. The van der Waals surface area contributed by atoms with Crippen molar-refractivity contribution in [3.63, 3.8) is 0 Å². The van der Waals surface area contributed by atoms with E-state index in [1.165, 1.54) is 4.80 Å². The van der Waals surface area contributed by atoms with E-state index in [-0.39, 0.29) is 25.4 Å². The SMILES string of the molecule is Cc1nnn([C@@H]2CN[C@H](C(=O)N(N)C(=O)[C@@H]3CC[C@@H]4CN3C(=O)N4OS(=O)(=O)O)C2)n1. The molecule has 170 valence electrons. The molecule has 16 nitrogen and oxygen atoms in total. The van der Waals surface area contributed by atoms with Gasteiger partial charge in [0.15, 0.2) is 5.82 Å². The minimum absolute atomic E-state index is 0.00609. The Kier molecular flexibility index (Phi) is 5.38. The van der Waals surface area contributed by atoms with Gasteiger partial charge in [0.05, 0.1) is 18.1 Å². The number of carbonyl (C=O) groups is 3. The van der Waals surface area contributed by atoms with Gasteiger partial charge in [0, 0.05) is 13.1 Å². The maximum atomic E-state index is 12.9. The first-order valence-electron chi connectivity index (χ1n) is 9.44. The Morgan fingerprint density at radius 2 is 2.03 bits per heavy atom. The Bertz CT molecular complexity index is 1010. The number of aromatic nitrogens is 4. The van der Waals surface area contributed by atoms with Crippen molar-refractivity contribution in [2.75, 3.05) is 13.1 Å². The first kappa shape index (κ1) is 21.5. The van der Waals surface area contributed by atoms with Gasteiger partial charge >= 0.3 is 16.4 Å². The molecule has 0 aromatic carbocycles. The van der Waals surface area contributed by atoms with Gasteiger partial charge in [0.2, 0.25) is 0 Å². The Hall–Kier alpha value is -2.73. The van der Waals surface area contributed by atoms with Gasteiger partial charge < -0.3 is 10.2 Å². The highest BCUT2D eigenvalue weighted by Crippen LogP contribution is 2.31. The van der Waals surface area contributed by atoms with Gasteiger partial charge in [-0.1, -0.05) is 0 Å². The van der Waals surface area contributed by atoms with E-state index in [9.17, 15) is 22.8 Å². The van der Waals surface area contributed by atoms with Gasteiger partial charge in [-0.2, -0.15) is 18.3 Å². The van der Waals surface area contributed by atoms with E-state index < -0.39 is 46.4 Å². The number of rotatable bonds is 5. The standard InChI is InChI=1S/C14H21N9O7S/c1-7-17-19-23(18-7)9-4-10(16-5-9)12(24)21(15)13(25)11-3-2-8-6-20(11)14(26)22(8)30-31(27,28)29/h8-11,16H,2-6,15H2,1H3,(H,27,28,29)/t8-,9+,10+,11+/m1/s1. The number of nitrogens with one attached hydrogen (secondary N) is 1. The van der Waals surface area contributed by atoms with Crippen LogP contribution < -0.4 is 11.2 Å². The minimum atomic E-state index is -4.91. The molecule has 1 aromatic rings. The van der Waals surface area contributed by atoms with Gasteiger partial charge in [0.1, 0.15) is 6.04 Å². The number of carbonyl (C=O) groups excluding carboxylic acids is 3. The van der Waals surface area contributed by atoms with Crippen molar-refractivity contribution in [1.82, 2.24) is 40.5 Å². The summed E-state index contributed by atoms with van der Waals surface area (Å²) >= 11 is 0. The third kappa shape index (κ3) is 4.09. The van der Waals surface area contributed by atoms with Gasteiger partial charge in [-0.15, -0.1) is 14.5 Å². The molecule has 0 unspecified atom stereocenters. The summed E-state index contributed by atoms with van der Waals surface area (Å²) in [6.45, 7) is 2.06. The molecule has 0 aliphatic carbocycles. The number of hydrazine groups is 1. The lowest BCUT2D eigenvalue weighted by Crippen LogP contribution is -2.58. The highest BCUT2D eigenvalue weighted by atomic mass is 32.3. The van der Waals surface area contributed by atoms with Crippen LogP contribution in [0.5, 0.6) is 0 Å². The van der Waals surface area contributed by atoms with Crippen LogP contribution in [0.15, 0.2) is 0 Å². The molecule has 1 aromatic heterocycles. The summed E-state index contributed by atoms with van der Waals surface area (Å²) in [5, 5.41) is 15.8. The van der Waals surface area contributed by atoms with Gasteiger partial charge in [-0.3, -0.25) is 14.1 Å². The van der Waals surface area contributed by atoms with Crippen LogP contribution in [0.4, 0.5) is 4.79 Å². The summed E-state index contributed by atoms with van der Waals surface area (Å²) in [4.78, 5) is 40.5. The van der Waals surface area contributed by atoms with E-state index in [1.807, 2.05) is 0 Å². The number of urea groups is 1. The summed E-state index contributed by atoms with van der Waals surface area (Å²) in [5.74, 6) is 4.81. The molecule has 0 spiro atoms. The maximum absolute atomic E-state index is 12.9. The summed E-state index contributed by atoms with van der Waals surface area (Å²) in [6, 6.07) is -3.62. The highest BCUT2D eigenvalue weighted by Gasteiger charge is 2.51. The van der Waals surface area contributed by atoms with Crippen molar-refractivity contribution >= 4 is 28.2 Å². The van der Waals surface area contributed by atoms with E-state index in [0.717, 1.165) is 4.90 Å². The smallest absolute Gasteiger partial charge is 0.309 e. The number of nitrogens with zero attached hydrogens (tertiary/aromatic N) is 7. The Labute approximate surface area is 176 Å². The van der Waals surface area contributed by atoms with Crippen LogP contribution in [0.25, 0.3) is 0 Å². The quantitative estimate of drug-likeness (QED) is 0.133. The number of nitrogens with two attached hydrogens (primary N) is 1. The van der Waals surface area contributed by atoms with Crippen LogP contribution >= 0.6 is 0 Å². The van der Waals surface area contributed by atoms with E-state index >= 15 is 0 Å². The molecule has 4 amide bonds. The Morgan fingerprint density at radius 3 is 2.68 bits per heavy atom. The van der Waals surface area contributed by atoms with Crippen LogP contribution in [-0.2, 0) is 24.3 Å². The minimum Gasteiger partial charge on any atom is -0.309 e. The summed E-state index contributed by atoms with van der Waals surface area (Å²) in [6.07, 6.45) is 0.655. The lowest BCUT2D eigenvalue weighted by Gasteiger charge is -2.31. The maximum Gasteiger partial charge on any atom is 0.418 e. The second-order valence-corrected chi connectivity index (χ2v) is 8.57. The number of fused-ring (bicyclic) bond motifs is 2. The number of imide groups is 1. The zero-order valence-electron chi connectivity index (χ0n) is 16.4. The third-order valence-electron chi connectivity index (χ3n) is 5.52. The molecule has 0 saturated carbocycles. The van der Waals surface area contributed by atoms with Gasteiger partial charge in [-0.05, 0) is 31.4 Å². The molecule has 4 atom stereocenters. The number of amides is 4. The average Bonchev–Trinajstić information content (AvgIpc) is 3.42. The molecular formula is C14H21N9O7S. The van der Waals surface area contributed by atoms with Crippen molar-refractivity contribution in [2.45, 2.75) is 50.4 Å². The first-order valence-corrected chi connectivity index (χ1v) is 10.8. The predicted octanol–water partition coefficient (Wildman–Crippen LogP) is -2.88. The number of tetrazole rings is 1. The number of hydrogen-bond acceptors (Lipinski definition) is 11. The van der Waals surface area contributed by atoms with Crippen molar-refractivity contribution < 1.29 is 31.6 Å². The highest BCUT2D eigenvalue weighted by molar-refractivity contribution is 7.80. The third-order valence-corrected chi connectivity index (χ3v) is 5.87. The molecule has 4 N–H and O–H groups in total. The number of aryl methyl sites for hydroxylation is 1. The summed E-state index contributed by atoms with van der Waals surface area (Å²) < 4.78 is 35.1. The molecule has 3 aliphatic rings. The van der Waals surface area contributed by atoms with E-state index in [0.29, 0.717) is 28.9 Å². The molecule has 3 fully saturated rings. The van der Waals surface area contributed by atoms with E-state index in [4.69, 9.17) is 10.4 Å². The molecule has 0 radical (unpaired) electrons. The summed E-state index contributed by atoms with van der Waals surface area (Å²) in [7, 11) is -4.91. The molecular weight excluding hydrogens is 438 g/mol. The number of hydroxylamine groups is 2. The first-order chi connectivity index (χ1) is 14.5. The van der Waals surface area contributed by atoms with Crippen LogP contribution in [0.2, 0.25) is 0 Å². The Morgan fingerprint density at radius 1 is 1.29 bits per heavy atom. The average molecular weight is 459 g/mol. The molecule has 17 heteroatoms. The fourth-order valence-corrected chi connectivity index (χ4v) is 4.45. The molecule has 2 bridgehead atoms. The van der Waals surface area contributed by atoms with Gasteiger partial charge in [-0.25, -0.2) is 15.6 Å².